The Morgan fingerprint density at radius 2 is 2.00 bits per heavy atom. The summed E-state index contributed by atoms with van der Waals surface area (Å²) in [6, 6.07) is 6.97. The third-order valence-corrected chi connectivity index (χ3v) is 4.30. The van der Waals surface area contributed by atoms with Crippen molar-refractivity contribution in [2.45, 2.75) is 6.42 Å². The van der Waals surface area contributed by atoms with Gasteiger partial charge in [0.1, 0.15) is 11.9 Å². The normalized spacial score (nSPS) is 11.5. The molecule has 1 aromatic carbocycles. The van der Waals surface area contributed by atoms with Crippen LogP contribution in [-0.2, 0) is 24.8 Å². The minimum absolute atomic E-state index is 0.164. The lowest BCUT2D eigenvalue weighted by Gasteiger charge is -2.12. The predicted molar refractivity (Wildman–Crippen MR) is 66.7 cm³/mol. The van der Waals surface area contributed by atoms with Crippen molar-refractivity contribution < 1.29 is 18.4 Å². The lowest BCUT2D eigenvalue weighted by atomic mass is 10.1. The van der Waals surface area contributed by atoms with Crippen molar-refractivity contribution in [3.05, 3.63) is 34.9 Å². The van der Waals surface area contributed by atoms with Crippen molar-refractivity contribution >= 4 is 25.0 Å². The third kappa shape index (κ3) is 4.60. The maximum Gasteiger partial charge on any atom is 0.337 e. The topological polar surface area (TPSA) is 52.6 Å². The summed E-state index contributed by atoms with van der Waals surface area (Å²) in [7, 11) is -0.747. The van der Waals surface area contributed by atoms with Gasteiger partial charge in [-0.1, -0.05) is 23.7 Å². The Kier molecular flexibility index (Phi) is 5.34. The highest BCUT2D eigenvalue weighted by molar-refractivity contribution is 7.54. The molecule has 0 aliphatic rings. The molecule has 17 heavy (non-hydrogen) atoms. The van der Waals surface area contributed by atoms with E-state index in [4.69, 9.17) is 20.6 Å². The molecule has 0 fully saturated rings. The van der Waals surface area contributed by atoms with E-state index in [9.17, 15) is 9.36 Å². The van der Waals surface area contributed by atoms with Crippen LogP contribution in [0.1, 0.15) is 5.56 Å². The molecule has 0 saturated heterocycles. The molecule has 0 aliphatic carbocycles. The van der Waals surface area contributed by atoms with Gasteiger partial charge in [0.05, 0.1) is 0 Å². The fourth-order valence-electron chi connectivity index (χ4n) is 1.35. The summed E-state index contributed by atoms with van der Waals surface area (Å²) in [6.45, 7) is 0. The second kappa shape index (κ2) is 6.31. The molecule has 0 N–H and O–H groups in total. The minimum Gasteiger partial charge on any atom is -0.312 e. The predicted octanol–water partition coefficient (Wildman–Crippen LogP) is 2.94. The average Bonchev–Trinajstić information content (AvgIpc) is 2.28. The first-order valence-electron chi connectivity index (χ1n) is 4.96. The highest BCUT2D eigenvalue weighted by atomic mass is 35.5. The molecule has 0 radical (unpaired) electrons. The highest BCUT2D eigenvalue weighted by Crippen LogP contribution is 2.46. The van der Waals surface area contributed by atoms with Crippen LogP contribution in [0.3, 0.4) is 0 Å². The molecule has 0 aliphatic heterocycles. The molecule has 0 heterocycles. The van der Waals surface area contributed by atoms with Crippen molar-refractivity contribution in [2.75, 3.05) is 20.4 Å². The molecule has 0 amide bonds. The molecular weight excluding hydrogens is 263 g/mol. The van der Waals surface area contributed by atoms with Gasteiger partial charge in [-0.25, -0.2) is 0 Å². The number of carbonyl (C=O) groups is 1. The Morgan fingerprint density at radius 3 is 2.53 bits per heavy atom. The number of Topliss-reactive ketones (excluding diaryl/α,β-unsaturated/α-hetero) is 1. The quantitative estimate of drug-likeness (QED) is 0.750. The van der Waals surface area contributed by atoms with Gasteiger partial charge in [-0.3, -0.25) is 9.36 Å². The number of halogens is 1. The van der Waals surface area contributed by atoms with Gasteiger partial charge in [0.25, 0.3) is 0 Å². The lowest BCUT2D eigenvalue weighted by molar-refractivity contribution is -0.116. The van der Waals surface area contributed by atoms with E-state index in [1.807, 2.05) is 0 Å². The Morgan fingerprint density at radius 1 is 1.35 bits per heavy atom. The number of rotatable bonds is 6. The van der Waals surface area contributed by atoms with Gasteiger partial charge in [-0.05, 0) is 17.7 Å². The van der Waals surface area contributed by atoms with Crippen LogP contribution >= 0.6 is 19.2 Å². The van der Waals surface area contributed by atoms with Gasteiger partial charge in [-0.15, -0.1) is 0 Å². The second-order valence-electron chi connectivity index (χ2n) is 3.48. The number of ketones is 1. The molecule has 0 spiro atoms. The molecule has 1 aromatic rings. The van der Waals surface area contributed by atoms with Crippen LogP contribution in [0.2, 0.25) is 5.02 Å². The summed E-state index contributed by atoms with van der Waals surface area (Å²) in [6.07, 6.45) is -0.0657. The van der Waals surface area contributed by atoms with Crippen molar-refractivity contribution in [1.82, 2.24) is 0 Å². The first-order chi connectivity index (χ1) is 7.99. The van der Waals surface area contributed by atoms with Gasteiger partial charge in [0.15, 0.2) is 0 Å². The van der Waals surface area contributed by atoms with E-state index >= 15 is 0 Å². The average molecular weight is 277 g/mol. The number of benzene rings is 1. The molecule has 0 bridgehead atoms. The summed E-state index contributed by atoms with van der Waals surface area (Å²) in [5, 5.41) is 0.567. The standard InChI is InChI=1S/C11H14ClO4P/c1-15-17(14,16-2)8-11(13)7-9-4-3-5-10(12)6-9/h3-6H,7-8H2,1-2H3. The van der Waals surface area contributed by atoms with Crippen molar-refractivity contribution in [3.8, 4) is 0 Å². The van der Waals surface area contributed by atoms with Crippen LogP contribution in [0.5, 0.6) is 0 Å². The van der Waals surface area contributed by atoms with Gasteiger partial charge < -0.3 is 9.05 Å². The van der Waals surface area contributed by atoms with Gasteiger partial charge >= 0.3 is 7.60 Å². The Balaban J connectivity index is 2.64. The maximum atomic E-state index is 11.7. The monoisotopic (exact) mass is 276 g/mol. The summed E-state index contributed by atoms with van der Waals surface area (Å²) < 4.78 is 21.1. The minimum atomic E-state index is -3.27. The lowest BCUT2D eigenvalue weighted by Crippen LogP contribution is -2.10. The van der Waals surface area contributed by atoms with Gasteiger partial charge in [0.2, 0.25) is 0 Å². The van der Waals surface area contributed by atoms with E-state index in [0.29, 0.717) is 5.02 Å². The Bertz CT molecular complexity index is 439. The van der Waals surface area contributed by atoms with Crippen molar-refractivity contribution in [1.29, 1.82) is 0 Å². The van der Waals surface area contributed by atoms with E-state index in [2.05, 4.69) is 0 Å². The smallest absolute Gasteiger partial charge is 0.312 e. The molecule has 6 heteroatoms. The number of hydrogen-bond acceptors (Lipinski definition) is 4. The largest absolute Gasteiger partial charge is 0.337 e. The van der Waals surface area contributed by atoms with Crippen LogP contribution in [0.25, 0.3) is 0 Å². The van der Waals surface area contributed by atoms with Crippen LogP contribution in [0.4, 0.5) is 0 Å². The van der Waals surface area contributed by atoms with E-state index in [-0.39, 0.29) is 18.4 Å². The van der Waals surface area contributed by atoms with Crippen LogP contribution in [-0.4, -0.2) is 26.2 Å². The fourth-order valence-corrected chi connectivity index (χ4v) is 2.51. The number of hydrogen-bond donors (Lipinski definition) is 0. The molecule has 0 atom stereocenters. The van der Waals surface area contributed by atoms with E-state index in [0.717, 1.165) is 5.56 Å². The summed E-state index contributed by atoms with van der Waals surface area (Å²) in [5.74, 6) is -0.209. The molecule has 0 saturated carbocycles. The van der Waals surface area contributed by atoms with E-state index in [1.54, 1.807) is 24.3 Å². The van der Waals surface area contributed by atoms with E-state index in [1.165, 1.54) is 14.2 Å². The zero-order chi connectivity index (χ0) is 12.9. The van der Waals surface area contributed by atoms with Gasteiger partial charge in [-0.2, -0.15) is 0 Å². The summed E-state index contributed by atoms with van der Waals surface area (Å²) in [4.78, 5) is 11.7. The zero-order valence-corrected chi connectivity index (χ0v) is 11.3. The van der Waals surface area contributed by atoms with Crippen molar-refractivity contribution in [3.63, 3.8) is 0 Å². The highest BCUT2D eigenvalue weighted by Gasteiger charge is 2.25. The maximum absolute atomic E-state index is 11.7. The third-order valence-electron chi connectivity index (χ3n) is 2.22. The molecule has 1 rings (SSSR count). The summed E-state index contributed by atoms with van der Waals surface area (Å²) >= 11 is 5.80. The Hall–Kier alpha value is -0.670. The van der Waals surface area contributed by atoms with E-state index < -0.39 is 7.60 Å². The summed E-state index contributed by atoms with van der Waals surface area (Å²) in [5.41, 5.74) is 0.779. The zero-order valence-electron chi connectivity index (χ0n) is 9.68. The molecular formula is C11H14ClO4P. The molecule has 94 valence electrons. The van der Waals surface area contributed by atoms with Crippen LogP contribution in [0, 0.1) is 0 Å². The van der Waals surface area contributed by atoms with Crippen molar-refractivity contribution in [2.24, 2.45) is 0 Å². The Labute approximate surface area is 105 Å². The first kappa shape index (κ1) is 14.4. The molecule has 4 nitrogen and oxygen atoms in total. The van der Waals surface area contributed by atoms with Gasteiger partial charge in [0, 0.05) is 25.7 Å². The fraction of sp³-hybridized carbons (Fsp3) is 0.364. The number of carbonyl (C=O) groups excluding carboxylic acids is 1. The van der Waals surface area contributed by atoms with Crippen LogP contribution in [0.15, 0.2) is 24.3 Å². The van der Waals surface area contributed by atoms with Crippen LogP contribution < -0.4 is 0 Å². The SMILES string of the molecule is COP(=O)(CC(=O)Cc1cccc(Cl)c1)OC. The molecule has 0 unspecified atom stereocenters. The molecule has 0 aromatic heterocycles. The first-order valence-corrected chi connectivity index (χ1v) is 7.06. The second-order valence-corrected chi connectivity index (χ2v) is 6.18.